The number of hydrogen-bond acceptors (Lipinski definition) is 6. The molecule has 0 heterocycles. The number of carbonyl (C=O) groups excluding carboxylic acids is 2. The average Bonchev–Trinajstić information content (AvgIpc) is 2.18. The fourth-order valence-corrected chi connectivity index (χ4v) is 0.296. The number of rotatable bonds is 4. The summed E-state index contributed by atoms with van der Waals surface area (Å²) in [6, 6.07) is -0.965. The lowest BCUT2D eigenvalue weighted by Crippen LogP contribution is -2.28. The number of aliphatic carboxylic acids is 2. The Hall–Kier alpha value is -2.30. The Kier molecular flexibility index (Phi) is 7.97. The van der Waals surface area contributed by atoms with Gasteiger partial charge in [-0.25, -0.2) is 19.2 Å². The van der Waals surface area contributed by atoms with Gasteiger partial charge in [-0.2, -0.15) is 9.98 Å². The predicted octanol–water partition coefficient (Wildman–Crippen LogP) is -0.0193. The quantitative estimate of drug-likeness (QED) is 0.527. The molecule has 0 saturated heterocycles. The van der Waals surface area contributed by atoms with Gasteiger partial charge in [0.05, 0.1) is 0 Å². The van der Waals surface area contributed by atoms with Crippen LogP contribution in [0.15, 0.2) is 9.98 Å². The molecule has 0 aromatic heterocycles. The average molecular weight is 244 g/mol. The summed E-state index contributed by atoms with van der Waals surface area (Å²) in [5, 5.41) is 16.3. The largest absolute Gasteiger partial charge is 0.480 e. The first-order valence-corrected chi connectivity index (χ1v) is 4.31. The number of aliphatic imine (C=N–C) groups is 2. The Morgan fingerprint density at radius 2 is 1.65 bits per heavy atom. The lowest BCUT2D eigenvalue weighted by Gasteiger charge is -2.08. The lowest BCUT2D eigenvalue weighted by atomic mass is 10.1. The molecule has 0 aliphatic heterocycles. The maximum absolute atomic E-state index is 10.1. The SMILES string of the molecule is CC(C)(N=C=O)C(=O)O.C[C@H](N=C=O)C(=O)O. The third-order valence-electron chi connectivity index (χ3n) is 1.45. The molecule has 0 radical (unpaired) electrons. The number of nitrogens with zero attached hydrogens (tertiary/aromatic N) is 2. The summed E-state index contributed by atoms with van der Waals surface area (Å²) in [4.78, 5) is 44.9. The van der Waals surface area contributed by atoms with Gasteiger partial charge >= 0.3 is 11.9 Å². The molecule has 0 unspecified atom stereocenters. The van der Waals surface area contributed by atoms with Crippen molar-refractivity contribution in [2.75, 3.05) is 0 Å². The van der Waals surface area contributed by atoms with Crippen molar-refractivity contribution in [2.45, 2.75) is 32.4 Å². The molecule has 0 rings (SSSR count). The van der Waals surface area contributed by atoms with Crippen LogP contribution in [0.2, 0.25) is 0 Å². The van der Waals surface area contributed by atoms with Crippen LogP contribution >= 0.6 is 0 Å². The Morgan fingerprint density at radius 3 is 1.76 bits per heavy atom. The maximum Gasteiger partial charge on any atom is 0.331 e. The van der Waals surface area contributed by atoms with Gasteiger partial charge in [-0.3, -0.25) is 0 Å². The van der Waals surface area contributed by atoms with E-state index in [-0.39, 0.29) is 0 Å². The van der Waals surface area contributed by atoms with Crippen molar-refractivity contribution < 1.29 is 29.4 Å². The second kappa shape index (κ2) is 7.92. The van der Waals surface area contributed by atoms with Crippen molar-refractivity contribution >= 4 is 24.1 Å². The molecule has 0 bridgehead atoms. The van der Waals surface area contributed by atoms with Gasteiger partial charge in [-0.15, -0.1) is 0 Å². The third-order valence-corrected chi connectivity index (χ3v) is 1.45. The standard InChI is InChI=1S/C5H7NO3.C4H5NO3/c1-5(2,4(8)9)6-3-7;1-3(4(7)8)5-2-6/h1-2H3,(H,8,9);3H,1H3,(H,7,8)/t;3-/m.0/s1. The normalized spacial score (nSPS) is 10.8. The van der Waals surface area contributed by atoms with Crippen LogP contribution in [0.4, 0.5) is 0 Å². The van der Waals surface area contributed by atoms with Gasteiger partial charge in [0.25, 0.3) is 0 Å². The maximum atomic E-state index is 10.1. The first-order valence-electron chi connectivity index (χ1n) is 4.31. The van der Waals surface area contributed by atoms with E-state index < -0.39 is 23.5 Å². The molecule has 0 aromatic rings. The Morgan fingerprint density at radius 1 is 1.18 bits per heavy atom. The van der Waals surface area contributed by atoms with E-state index in [1.165, 1.54) is 26.9 Å². The van der Waals surface area contributed by atoms with E-state index in [1.807, 2.05) is 0 Å². The highest BCUT2D eigenvalue weighted by molar-refractivity contribution is 5.78. The van der Waals surface area contributed by atoms with Crippen LogP contribution in [0, 0.1) is 0 Å². The number of carboxylic acid groups (broad SMARTS) is 2. The van der Waals surface area contributed by atoms with Gasteiger partial charge in [0, 0.05) is 0 Å². The Balaban J connectivity index is 0. The van der Waals surface area contributed by atoms with Crippen molar-refractivity contribution in [2.24, 2.45) is 9.98 Å². The van der Waals surface area contributed by atoms with Crippen LogP contribution < -0.4 is 0 Å². The fourth-order valence-electron chi connectivity index (χ4n) is 0.296. The monoisotopic (exact) mass is 244 g/mol. The van der Waals surface area contributed by atoms with E-state index in [1.54, 1.807) is 0 Å². The first kappa shape index (κ1) is 17.1. The molecule has 0 aromatic carbocycles. The van der Waals surface area contributed by atoms with Crippen molar-refractivity contribution in [3.05, 3.63) is 0 Å². The molecule has 0 amide bonds. The van der Waals surface area contributed by atoms with Crippen LogP contribution in [0.25, 0.3) is 0 Å². The summed E-state index contributed by atoms with van der Waals surface area (Å²) < 4.78 is 0. The van der Waals surface area contributed by atoms with Crippen molar-refractivity contribution in [1.29, 1.82) is 0 Å². The number of hydrogen-bond donors (Lipinski definition) is 2. The van der Waals surface area contributed by atoms with Crippen LogP contribution in [-0.4, -0.2) is 45.9 Å². The van der Waals surface area contributed by atoms with Crippen molar-refractivity contribution in [3.8, 4) is 0 Å². The first-order chi connectivity index (χ1) is 7.68. The minimum absolute atomic E-state index is 0.965. The molecule has 0 spiro atoms. The minimum Gasteiger partial charge on any atom is -0.480 e. The molecular weight excluding hydrogens is 232 g/mol. The van der Waals surface area contributed by atoms with Gasteiger partial charge in [0.15, 0.2) is 11.6 Å². The molecule has 94 valence electrons. The van der Waals surface area contributed by atoms with E-state index in [2.05, 4.69) is 9.98 Å². The highest BCUT2D eigenvalue weighted by atomic mass is 16.4. The van der Waals surface area contributed by atoms with E-state index in [9.17, 15) is 19.2 Å². The van der Waals surface area contributed by atoms with Gasteiger partial charge < -0.3 is 10.2 Å². The zero-order valence-electron chi connectivity index (χ0n) is 9.50. The predicted molar refractivity (Wildman–Crippen MR) is 55.1 cm³/mol. The lowest BCUT2D eigenvalue weighted by molar-refractivity contribution is -0.142. The summed E-state index contributed by atoms with van der Waals surface area (Å²) in [6.45, 7) is 3.94. The summed E-state index contributed by atoms with van der Waals surface area (Å²) in [7, 11) is 0. The second-order valence-electron chi connectivity index (χ2n) is 3.30. The minimum atomic E-state index is -1.33. The zero-order valence-corrected chi connectivity index (χ0v) is 9.50. The summed E-state index contributed by atoms with van der Waals surface area (Å²) in [5.41, 5.74) is -1.33. The second-order valence-corrected chi connectivity index (χ2v) is 3.30. The third kappa shape index (κ3) is 8.68. The summed E-state index contributed by atoms with van der Waals surface area (Å²) >= 11 is 0. The van der Waals surface area contributed by atoms with E-state index >= 15 is 0 Å². The van der Waals surface area contributed by atoms with Crippen LogP contribution in [0.3, 0.4) is 0 Å². The molecule has 1 atom stereocenters. The molecule has 0 saturated carbocycles. The van der Waals surface area contributed by atoms with E-state index in [0.29, 0.717) is 0 Å². The Labute approximate surface area is 96.7 Å². The fraction of sp³-hybridized carbons (Fsp3) is 0.556. The van der Waals surface area contributed by atoms with Crippen LogP contribution in [0.1, 0.15) is 20.8 Å². The number of carboxylic acids is 2. The molecule has 0 aliphatic carbocycles. The Bertz CT molecular complexity index is 371. The summed E-state index contributed by atoms with van der Waals surface area (Å²) in [6.07, 6.45) is 2.33. The molecule has 8 heteroatoms. The molecule has 0 fully saturated rings. The molecule has 8 nitrogen and oxygen atoms in total. The van der Waals surface area contributed by atoms with Crippen molar-refractivity contribution in [1.82, 2.24) is 0 Å². The van der Waals surface area contributed by atoms with Gasteiger partial charge in [0.2, 0.25) is 12.2 Å². The molecule has 2 N–H and O–H groups in total. The highest BCUT2D eigenvalue weighted by Gasteiger charge is 2.25. The smallest absolute Gasteiger partial charge is 0.331 e. The molecule has 0 aliphatic rings. The summed E-state index contributed by atoms with van der Waals surface area (Å²) in [5.74, 6) is -2.25. The number of isocyanates is 2. The topological polar surface area (TPSA) is 133 Å². The van der Waals surface area contributed by atoms with E-state index in [0.717, 1.165) is 6.08 Å². The van der Waals surface area contributed by atoms with Gasteiger partial charge in [-0.05, 0) is 20.8 Å². The van der Waals surface area contributed by atoms with Crippen molar-refractivity contribution in [3.63, 3.8) is 0 Å². The highest BCUT2D eigenvalue weighted by Crippen LogP contribution is 2.06. The van der Waals surface area contributed by atoms with Gasteiger partial charge in [0.1, 0.15) is 0 Å². The number of carbonyl (C=O) groups is 2. The van der Waals surface area contributed by atoms with Crippen LogP contribution in [-0.2, 0) is 19.2 Å². The van der Waals surface area contributed by atoms with Gasteiger partial charge in [-0.1, -0.05) is 0 Å². The zero-order chi connectivity index (χ0) is 14.1. The van der Waals surface area contributed by atoms with Crippen LogP contribution in [0.5, 0.6) is 0 Å². The molecular formula is C9H12N2O6. The molecule has 17 heavy (non-hydrogen) atoms. The van der Waals surface area contributed by atoms with E-state index in [4.69, 9.17) is 10.2 Å².